The average Bonchev–Trinajstić information content (AvgIpc) is 2.91. The Balaban J connectivity index is 1.61. The molecule has 20 heavy (non-hydrogen) atoms. The molecular formula is C13H13ClN4OS. The molecule has 1 N–H and O–H groups in total. The van der Waals surface area contributed by atoms with Crippen molar-refractivity contribution < 1.29 is 4.79 Å². The van der Waals surface area contributed by atoms with Crippen molar-refractivity contribution in [1.29, 1.82) is 0 Å². The molecule has 1 amide bonds. The fraction of sp³-hybridized carbons (Fsp3) is 0.308. The van der Waals surface area contributed by atoms with Crippen molar-refractivity contribution in [2.45, 2.75) is 13.0 Å². The van der Waals surface area contributed by atoms with Crippen LogP contribution in [-0.2, 0) is 17.8 Å². The van der Waals surface area contributed by atoms with E-state index in [-0.39, 0.29) is 5.91 Å². The van der Waals surface area contributed by atoms with Gasteiger partial charge in [0.2, 0.25) is 11.0 Å². The summed E-state index contributed by atoms with van der Waals surface area (Å²) in [5.74, 6) is -0.0628. The Labute approximate surface area is 125 Å². The van der Waals surface area contributed by atoms with Crippen LogP contribution in [0.5, 0.6) is 0 Å². The lowest BCUT2D eigenvalue weighted by atomic mass is 10.00. The minimum absolute atomic E-state index is 0.0628. The van der Waals surface area contributed by atoms with Gasteiger partial charge in [0.05, 0.1) is 6.54 Å². The molecule has 1 aromatic heterocycles. The number of rotatable bonds is 3. The summed E-state index contributed by atoms with van der Waals surface area (Å²) < 4.78 is 0. The van der Waals surface area contributed by atoms with E-state index < -0.39 is 0 Å². The standard InChI is InChI=1S/C13H13ClN4OS/c14-11-2-1-9-3-4-18(6-10(9)5-11)7-12(19)16-13-17-15-8-20-13/h1-2,5,8H,3-4,6-7H2,(H,16,17,19). The van der Waals surface area contributed by atoms with Crippen molar-refractivity contribution in [3.63, 3.8) is 0 Å². The Bertz CT molecular complexity index is 617. The Morgan fingerprint density at radius 1 is 1.45 bits per heavy atom. The summed E-state index contributed by atoms with van der Waals surface area (Å²) in [7, 11) is 0. The van der Waals surface area contributed by atoms with Crippen LogP contribution in [0.2, 0.25) is 5.02 Å². The van der Waals surface area contributed by atoms with Crippen LogP contribution >= 0.6 is 22.9 Å². The normalized spacial score (nSPS) is 14.8. The molecule has 0 radical (unpaired) electrons. The molecule has 3 rings (SSSR count). The van der Waals surface area contributed by atoms with Gasteiger partial charge in [-0.2, -0.15) is 0 Å². The van der Waals surface area contributed by atoms with Gasteiger partial charge in [-0.15, -0.1) is 10.2 Å². The number of nitrogens with zero attached hydrogens (tertiary/aromatic N) is 3. The van der Waals surface area contributed by atoms with E-state index in [4.69, 9.17) is 11.6 Å². The number of fused-ring (bicyclic) bond motifs is 1. The summed E-state index contributed by atoms with van der Waals surface area (Å²) in [5.41, 5.74) is 4.11. The molecule has 1 aromatic carbocycles. The monoisotopic (exact) mass is 308 g/mol. The second-order valence-corrected chi connectivity index (χ2v) is 5.94. The third-order valence-electron chi connectivity index (χ3n) is 3.23. The Morgan fingerprint density at radius 3 is 3.15 bits per heavy atom. The molecule has 1 aliphatic rings. The smallest absolute Gasteiger partial charge is 0.240 e. The van der Waals surface area contributed by atoms with E-state index in [9.17, 15) is 4.79 Å². The largest absolute Gasteiger partial charge is 0.299 e. The molecular weight excluding hydrogens is 296 g/mol. The van der Waals surface area contributed by atoms with Crippen LogP contribution < -0.4 is 5.32 Å². The van der Waals surface area contributed by atoms with Crippen molar-refractivity contribution in [2.75, 3.05) is 18.4 Å². The van der Waals surface area contributed by atoms with Crippen molar-refractivity contribution in [3.8, 4) is 0 Å². The number of halogens is 1. The molecule has 0 bridgehead atoms. The summed E-state index contributed by atoms with van der Waals surface area (Å²) in [4.78, 5) is 14.0. The number of hydrogen-bond donors (Lipinski definition) is 1. The number of nitrogens with one attached hydrogen (secondary N) is 1. The minimum atomic E-state index is -0.0628. The molecule has 104 valence electrons. The maximum atomic E-state index is 11.9. The fourth-order valence-corrected chi connectivity index (χ4v) is 2.96. The van der Waals surface area contributed by atoms with Crippen LogP contribution in [0.3, 0.4) is 0 Å². The first kappa shape index (κ1) is 13.5. The summed E-state index contributed by atoms with van der Waals surface area (Å²) in [6, 6.07) is 5.96. The van der Waals surface area contributed by atoms with E-state index in [1.807, 2.05) is 12.1 Å². The molecule has 0 fully saturated rings. The van der Waals surface area contributed by atoms with Gasteiger partial charge in [-0.1, -0.05) is 29.0 Å². The van der Waals surface area contributed by atoms with Crippen molar-refractivity contribution in [3.05, 3.63) is 39.9 Å². The van der Waals surface area contributed by atoms with Gasteiger partial charge in [-0.25, -0.2) is 0 Å². The van der Waals surface area contributed by atoms with Crippen LogP contribution in [0.1, 0.15) is 11.1 Å². The van der Waals surface area contributed by atoms with Gasteiger partial charge in [-0.05, 0) is 29.7 Å². The highest BCUT2D eigenvalue weighted by molar-refractivity contribution is 7.13. The quantitative estimate of drug-likeness (QED) is 0.944. The van der Waals surface area contributed by atoms with Crippen molar-refractivity contribution in [2.24, 2.45) is 0 Å². The third-order valence-corrected chi connectivity index (χ3v) is 4.07. The summed E-state index contributed by atoms with van der Waals surface area (Å²) in [6.07, 6.45) is 0.943. The van der Waals surface area contributed by atoms with Gasteiger partial charge in [0.15, 0.2) is 0 Å². The number of hydrogen-bond acceptors (Lipinski definition) is 5. The number of benzene rings is 1. The molecule has 5 nitrogen and oxygen atoms in total. The van der Waals surface area contributed by atoms with Gasteiger partial charge in [0.1, 0.15) is 5.51 Å². The first-order valence-corrected chi connectivity index (χ1v) is 7.52. The third kappa shape index (κ3) is 3.15. The van der Waals surface area contributed by atoms with Gasteiger partial charge in [0, 0.05) is 18.1 Å². The molecule has 0 atom stereocenters. The van der Waals surface area contributed by atoms with Crippen LogP contribution in [0.15, 0.2) is 23.7 Å². The highest BCUT2D eigenvalue weighted by Gasteiger charge is 2.19. The average molecular weight is 309 g/mol. The predicted octanol–water partition coefficient (Wildman–Crippen LogP) is 2.19. The zero-order valence-corrected chi connectivity index (χ0v) is 12.2. The minimum Gasteiger partial charge on any atom is -0.299 e. The van der Waals surface area contributed by atoms with Gasteiger partial charge in [-0.3, -0.25) is 15.0 Å². The zero-order valence-electron chi connectivity index (χ0n) is 10.7. The van der Waals surface area contributed by atoms with E-state index in [1.165, 1.54) is 22.5 Å². The molecule has 0 saturated heterocycles. The number of amides is 1. The maximum Gasteiger partial charge on any atom is 0.240 e. The molecule has 0 aliphatic carbocycles. The first-order chi connectivity index (χ1) is 9.70. The van der Waals surface area contributed by atoms with E-state index in [0.29, 0.717) is 11.7 Å². The van der Waals surface area contributed by atoms with Crippen LogP contribution in [0, 0.1) is 0 Å². The van der Waals surface area contributed by atoms with Crippen LogP contribution in [0.25, 0.3) is 0 Å². The molecule has 2 heterocycles. The lowest BCUT2D eigenvalue weighted by molar-refractivity contribution is -0.117. The first-order valence-electron chi connectivity index (χ1n) is 6.26. The molecule has 0 unspecified atom stereocenters. The number of aromatic nitrogens is 2. The summed E-state index contributed by atoms with van der Waals surface area (Å²) >= 11 is 7.33. The van der Waals surface area contributed by atoms with E-state index in [1.54, 1.807) is 5.51 Å². The Morgan fingerprint density at radius 2 is 2.35 bits per heavy atom. The molecule has 0 spiro atoms. The van der Waals surface area contributed by atoms with E-state index in [2.05, 4.69) is 26.5 Å². The lowest BCUT2D eigenvalue weighted by Gasteiger charge is -2.28. The fourth-order valence-electron chi connectivity index (χ4n) is 2.31. The summed E-state index contributed by atoms with van der Waals surface area (Å²) in [5, 5.41) is 11.5. The zero-order chi connectivity index (χ0) is 13.9. The van der Waals surface area contributed by atoms with E-state index >= 15 is 0 Å². The molecule has 2 aromatic rings. The van der Waals surface area contributed by atoms with Gasteiger partial charge >= 0.3 is 0 Å². The molecule has 7 heteroatoms. The molecule has 1 aliphatic heterocycles. The Kier molecular flexibility index (Phi) is 3.95. The maximum absolute atomic E-state index is 11.9. The van der Waals surface area contributed by atoms with Crippen molar-refractivity contribution >= 4 is 34.0 Å². The van der Waals surface area contributed by atoms with Crippen LogP contribution in [0.4, 0.5) is 5.13 Å². The van der Waals surface area contributed by atoms with Gasteiger partial charge < -0.3 is 0 Å². The SMILES string of the molecule is O=C(CN1CCc2ccc(Cl)cc2C1)Nc1nncs1. The van der Waals surface area contributed by atoms with Crippen molar-refractivity contribution in [1.82, 2.24) is 15.1 Å². The highest BCUT2D eigenvalue weighted by Crippen LogP contribution is 2.22. The predicted molar refractivity (Wildman–Crippen MR) is 79.0 cm³/mol. The number of carbonyl (C=O) groups excluding carboxylic acids is 1. The van der Waals surface area contributed by atoms with Crippen LogP contribution in [-0.4, -0.2) is 34.1 Å². The second-order valence-electron chi connectivity index (χ2n) is 4.67. The second kappa shape index (κ2) is 5.87. The van der Waals surface area contributed by atoms with Gasteiger partial charge in [0.25, 0.3) is 0 Å². The molecule has 0 saturated carbocycles. The Hall–Kier alpha value is -1.50. The number of carbonyl (C=O) groups is 1. The topological polar surface area (TPSA) is 58.1 Å². The lowest BCUT2D eigenvalue weighted by Crippen LogP contribution is -2.37. The number of anilines is 1. The summed E-state index contributed by atoms with van der Waals surface area (Å²) in [6.45, 7) is 1.98. The highest BCUT2D eigenvalue weighted by atomic mass is 35.5. The van der Waals surface area contributed by atoms with E-state index in [0.717, 1.165) is 24.5 Å².